The largest absolute Gasteiger partial charge is 0.504 e. The zero-order valence-corrected chi connectivity index (χ0v) is 10.6. The third kappa shape index (κ3) is 4.50. The lowest BCUT2D eigenvalue weighted by Gasteiger charge is -2.12. The van der Waals surface area contributed by atoms with Gasteiger partial charge in [-0.3, -0.25) is 0 Å². The van der Waals surface area contributed by atoms with Crippen LogP contribution in [-0.2, 0) is 6.54 Å². The van der Waals surface area contributed by atoms with Gasteiger partial charge >= 0.3 is 6.03 Å². The first-order chi connectivity index (χ1) is 8.50. The quantitative estimate of drug-likeness (QED) is 0.453. The molecule has 0 bridgehead atoms. The maximum absolute atomic E-state index is 11.2. The minimum Gasteiger partial charge on any atom is -0.504 e. The highest BCUT2D eigenvalue weighted by atomic mass is 16.3. The molecule has 1 aromatic rings. The maximum Gasteiger partial charge on any atom is 0.316 e. The van der Waals surface area contributed by atoms with Crippen LogP contribution in [0.1, 0.15) is 5.56 Å². The Kier molecular flexibility index (Phi) is 5.26. The molecule has 1 aromatic carbocycles. The van der Waals surface area contributed by atoms with Gasteiger partial charge in [0.25, 0.3) is 0 Å². The summed E-state index contributed by atoms with van der Waals surface area (Å²) in [5, 5.41) is 24.3. The van der Waals surface area contributed by atoms with Crippen molar-refractivity contribution in [1.29, 1.82) is 0 Å². The molecule has 0 spiro atoms. The fourth-order valence-electron chi connectivity index (χ4n) is 1.33. The Balaban J connectivity index is 2.22. The van der Waals surface area contributed by atoms with Crippen molar-refractivity contribution in [3.05, 3.63) is 23.8 Å². The topological polar surface area (TPSA) is 84.8 Å². The van der Waals surface area contributed by atoms with E-state index >= 15 is 0 Å². The molecule has 0 saturated heterocycles. The Bertz CT molecular complexity index is 408. The molecular weight excluding hydrogens is 234 g/mol. The van der Waals surface area contributed by atoms with E-state index in [0.29, 0.717) is 19.6 Å². The Labute approximate surface area is 106 Å². The summed E-state index contributed by atoms with van der Waals surface area (Å²) in [7, 11) is 3.37. The average molecular weight is 253 g/mol. The predicted octanol–water partition coefficient (Wildman–Crippen LogP) is 0.459. The summed E-state index contributed by atoms with van der Waals surface area (Å²) in [6, 6.07) is 4.54. The number of hydrogen-bond acceptors (Lipinski definition) is 4. The van der Waals surface area contributed by atoms with Crippen molar-refractivity contribution in [2.45, 2.75) is 6.54 Å². The minimum atomic E-state index is -0.129. The first-order valence-electron chi connectivity index (χ1n) is 5.67. The molecule has 0 unspecified atom stereocenters. The number of rotatable bonds is 5. The Morgan fingerprint density at radius 3 is 2.56 bits per heavy atom. The van der Waals surface area contributed by atoms with E-state index in [-0.39, 0.29) is 17.5 Å². The molecule has 1 rings (SSSR count). The molecule has 6 nitrogen and oxygen atoms in total. The number of aromatic hydroxyl groups is 2. The summed E-state index contributed by atoms with van der Waals surface area (Å²) in [6.45, 7) is 1.72. The predicted molar refractivity (Wildman–Crippen MR) is 68.6 cm³/mol. The lowest BCUT2D eigenvalue weighted by atomic mass is 10.2. The van der Waals surface area contributed by atoms with E-state index in [4.69, 9.17) is 5.11 Å². The number of amides is 2. The molecule has 2 amide bonds. The summed E-state index contributed by atoms with van der Waals surface area (Å²) in [5.74, 6) is -0.257. The molecule has 0 aromatic heterocycles. The molecule has 18 heavy (non-hydrogen) atoms. The van der Waals surface area contributed by atoms with Crippen molar-refractivity contribution in [2.24, 2.45) is 0 Å². The smallest absolute Gasteiger partial charge is 0.316 e. The molecule has 0 aliphatic rings. The monoisotopic (exact) mass is 253 g/mol. The number of benzene rings is 1. The van der Waals surface area contributed by atoms with Crippen molar-refractivity contribution < 1.29 is 15.0 Å². The summed E-state index contributed by atoms with van der Waals surface area (Å²) in [6.07, 6.45) is 0. The molecule has 4 N–H and O–H groups in total. The van der Waals surface area contributed by atoms with Crippen LogP contribution in [0.25, 0.3) is 0 Å². The zero-order valence-electron chi connectivity index (χ0n) is 10.6. The number of phenolic OH excluding ortho intramolecular Hbond substituents is 2. The SMILES string of the molecule is CN(C)C(=O)NCCNCc1ccc(O)c(O)c1. The van der Waals surface area contributed by atoms with Crippen molar-refractivity contribution >= 4 is 6.03 Å². The molecular formula is C12H19N3O3. The van der Waals surface area contributed by atoms with E-state index in [0.717, 1.165) is 5.56 Å². The highest BCUT2D eigenvalue weighted by Crippen LogP contribution is 2.24. The number of urea groups is 1. The first kappa shape index (κ1) is 14.1. The van der Waals surface area contributed by atoms with Crippen LogP contribution in [0.2, 0.25) is 0 Å². The van der Waals surface area contributed by atoms with Crippen LogP contribution in [0.3, 0.4) is 0 Å². The lowest BCUT2D eigenvalue weighted by molar-refractivity contribution is 0.217. The van der Waals surface area contributed by atoms with Gasteiger partial charge in [0.05, 0.1) is 0 Å². The fraction of sp³-hybridized carbons (Fsp3) is 0.417. The Morgan fingerprint density at radius 2 is 1.94 bits per heavy atom. The summed E-state index contributed by atoms with van der Waals surface area (Å²) >= 11 is 0. The number of carbonyl (C=O) groups is 1. The van der Waals surface area contributed by atoms with Crippen LogP contribution in [0.15, 0.2) is 18.2 Å². The molecule has 0 aliphatic carbocycles. The van der Waals surface area contributed by atoms with Crippen LogP contribution >= 0.6 is 0 Å². The van der Waals surface area contributed by atoms with Gasteiger partial charge in [-0.1, -0.05) is 6.07 Å². The standard InChI is InChI=1S/C12H19N3O3/c1-15(2)12(18)14-6-5-13-8-9-3-4-10(16)11(17)7-9/h3-4,7,13,16-17H,5-6,8H2,1-2H3,(H,14,18). The van der Waals surface area contributed by atoms with Crippen LogP contribution in [0, 0.1) is 0 Å². The molecule has 100 valence electrons. The number of phenols is 2. The summed E-state index contributed by atoms with van der Waals surface area (Å²) in [5.41, 5.74) is 0.865. The second kappa shape index (κ2) is 6.70. The van der Waals surface area contributed by atoms with E-state index in [1.165, 1.54) is 17.0 Å². The third-order valence-corrected chi connectivity index (χ3v) is 2.35. The van der Waals surface area contributed by atoms with Crippen molar-refractivity contribution in [3.63, 3.8) is 0 Å². The van der Waals surface area contributed by atoms with Crippen molar-refractivity contribution in [3.8, 4) is 11.5 Å². The van der Waals surface area contributed by atoms with Gasteiger partial charge in [-0.15, -0.1) is 0 Å². The Hall–Kier alpha value is -1.95. The van der Waals surface area contributed by atoms with E-state index < -0.39 is 0 Å². The number of nitrogens with zero attached hydrogens (tertiary/aromatic N) is 1. The highest BCUT2D eigenvalue weighted by molar-refractivity contribution is 5.73. The molecule has 0 aliphatic heterocycles. The molecule has 0 saturated carbocycles. The van der Waals surface area contributed by atoms with Gasteiger partial charge in [-0.25, -0.2) is 4.79 Å². The maximum atomic E-state index is 11.2. The van der Waals surface area contributed by atoms with E-state index in [9.17, 15) is 9.90 Å². The van der Waals surface area contributed by atoms with Gasteiger partial charge in [-0.2, -0.15) is 0 Å². The summed E-state index contributed by atoms with van der Waals surface area (Å²) < 4.78 is 0. The lowest BCUT2D eigenvalue weighted by Crippen LogP contribution is -2.38. The van der Waals surface area contributed by atoms with Crippen LogP contribution in [-0.4, -0.2) is 48.3 Å². The van der Waals surface area contributed by atoms with Gasteiger partial charge < -0.3 is 25.7 Å². The average Bonchev–Trinajstić information content (AvgIpc) is 2.32. The highest BCUT2D eigenvalue weighted by Gasteiger charge is 2.02. The summed E-state index contributed by atoms with van der Waals surface area (Å²) in [4.78, 5) is 12.7. The second-order valence-electron chi connectivity index (χ2n) is 4.13. The normalized spacial score (nSPS) is 10.1. The molecule has 0 atom stereocenters. The first-order valence-corrected chi connectivity index (χ1v) is 5.67. The fourth-order valence-corrected chi connectivity index (χ4v) is 1.33. The molecule has 0 heterocycles. The van der Waals surface area contributed by atoms with Gasteiger partial charge in [-0.05, 0) is 17.7 Å². The van der Waals surface area contributed by atoms with Gasteiger partial charge in [0.2, 0.25) is 0 Å². The van der Waals surface area contributed by atoms with Gasteiger partial charge in [0, 0.05) is 33.7 Å². The molecule has 6 heteroatoms. The number of hydrogen-bond donors (Lipinski definition) is 4. The van der Waals surface area contributed by atoms with E-state index in [1.54, 1.807) is 20.2 Å². The second-order valence-corrected chi connectivity index (χ2v) is 4.13. The molecule has 0 radical (unpaired) electrons. The van der Waals surface area contributed by atoms with Gasteiger partial charge in [0.1, 0.15) is 0 Å². The van der Waals surface area contributed by atoms with Crippen molar-refractivity contribution in [2.75, 3.05) is 27.2 Å². The van der Waals surface area contributed by atoms with E-state index in [2.05, 4.69) is 10.6 Å². The van der Waals surface area contributed by atoms with Crippen LogP contribution in [0.4, 0.5) is 4.79 Å². The molecule has 0 fully saturated rings. The number of nitrogens with one attached hydrogen (secondary N) is 2. The number of carbonyl (C=O) groups excluding carboxylic acids is 1. The third-order valence-electron chi connectivity index (χ3n) is 2.35. The Morgan fingerprint density at radius 1 is 1.22 bits per heavy atom. The minimum absolute atomic E-state index is 0.126. The van der Waals surface area contributed by atoms with E-state index in [1.807, 2.05) is 0 Å². The van der Waals surface area contributed by atoms with Crippen LogP contribution < -0.4 is 10.6 Å². The zero-order chi connectivity index (χ0) is 13.5. The van der Waals surface area contributed by atoms with Crippen LogP contribution in [0.5, 0.6) is 11.5 Å². The van der Waals surface area contributed by atoms with Gasteiger partial charge in [0.15, 0.2) is 11.5 Å². The van der Waals surface area contributed by atoms with Crippen molar-refractivity contribution in [1.82, 2.24) is 15.5 Å².